The van der Waals surface area contributed by atoms with E-state index in [1.807, 2.05) is 36.4 Å². The first kappa shape index (κ1) is 24.0. The molecule has 0 unspecified atom stereocenters. The van der Waals surface area contributed by atoms with Gasteiger partial charge in [-0.05, 0) is 54.0 Å². The van der Waals surface area contributed by atoms with E-state index >= 15 is 0 Å². The molecule has 1 aromatic heterocycles. The number of hydrogen-bond donors (Lipinski definition) is 1. The lowest BCUT2D eigenvalue weighted by Crippen LogP contribution is -2.60. The van der Waals surface area contributed by atoms with Gasteiger partial charge in [0.1, 0.15) is 12.7 Å². The van der Waals surface area contributed by atoms with Crippen LogP contribution in [0.25, 0.3) is 0 Å². The lowest BCUT2D eigenvalue weighted by molar-refractivity contribution is -0.173. The van der Waals surface area contributed by atoms with E-state index < -0.39 is 41.0 Å². The van der Waals surface area contributed by atoms with Crippen LogP contribution < -0.4 is 10.4 Å². The molecule has 6 rings (SSSR count). The highest BCUT2D eigenvalue weighted by Crippen LogP contribution is 2.50. The smallest absolute Gasteiger partial charge is 0.408 e. The standard InChI is InChI=1S/C27H24F3N3O3S/c1-15(27(28,29)30)31-14-33(32-12-11-20(34)25(35)24(32)26(31)36)23-19-6-2-3-8-21(19)37-13-17-5-4-7-18(22(17)23)16-9-10-16/h2-8,11-12,15-16,23,35H,9-10,13-14H2,1H3/t15-,23-/m1/s1. The zero-order valence-corrected chi connectivity index (χ0v) is 20.7. The van der Waals surface area contributed by atoms with E-state index in [-0.39, 0.29) is 6.67 Å². The summed E-state index contributed by atoms with van der Waals surface area (Å²) in [6.45, 7) is 0.543. The van der Waals surface area contributed by atoms with Crippen molar-refractivity contribution >= 4 is 17.7 Å². The molecule has 0 saturated heterocycles. The predicted molar refractivity (Wildman–Crippen MR) is 133 cm³/mol. The van der Waals surface area contributed by atoms with E-state index in [0.29, 0.717) is 16.6 Å². The van der Waals surface area contributed by atoms with Crippen LogP contribution in [0.1, 0.15) is 64.5 Å². The summed E-state index contributed by atoms with van der Waals surface area (Å²) in [4.78, 5) is 27.3. The average Bonchev–Trinajstić information content (AvgIpc) is 3.72. The van der Waals surface area contributed by atoms with Gasteiger partial charge in [0.25, 0.3) is 5.91 Å². The van der Waals surface area contributed by atoms with Gasteiger partial charge < -0.3 is 10.0 Å². The Morgan fingerprint density at radius 3 is 2.49 bits per heavy atom. The molecule has 10 heteroatoms. The molecule has 3 heterocycles. The number of fused-ring (bicyclic) bond motifs is 3. The van der Waals surface area contributed by atoms with Crippen LogP contribution in [-0.4, -0.2) is 39.5 Å². The summed E-state index contributed by atoms with van der Waals surface area (Å²) >= 11 is 1.66. The topological polar surface area (TPSA) is 65.8 Å². The molecule has 3 aliphatic rings. The third-order valence-electron chi connectivity index (χ3n) is 7.45. The van der Waals surface area contributed by atoms with Gasteiger partial charge in [-0.1, -0.05) is 36.4 Å². The van der Waals surface area contributed by atoms with E-state index in [0.717, 1.165) is 53.0 Å². The summed E-state index contributed by atoms with van der Waals surface area (Å²) in [6, 6.07) is 12.4. The maximum atomic E-state index is 13.9. The molecule has 0 spiro atoms. The zero-order valence-electron chi connectivity index (χ0n) is 19.9. The number of alkyl halides is 3. The summed E-state index contributed by atoms with van der Waals surface area (Å²) in [7, 11) is 0. The molecule has 6 nitrogen and oxygen atoms in total. The molecule has 1 saturated carbocycles. The molecule has 2 aromatic carbocycles. The molecule has 3 aromatic rings. The fraction of sp³-hybridized carbons (Fsp3) is 0.333. The van der Waals surface area contributed by atoms with Crippen LogP contribution >= 0.6 is 11.8 Å². The minimum Gasteiger partial charge on any atom is -0.502 e. The summed E-state index contributed by atoms with van der Waals surface area (Å²) in [5, 5.41) is 12.3. The third-order valence-corrected chi connectivity index (χ3v) is 8.59. The van der Waals surface area contributed by atoms with Crippen molar-refractivity contribution in [2.24, 2.45) is 0 Å². The molecule has 1 fully saturated rings. The Morgan fingerprint density at radius 1 is 1.03 bits per heavy atom. The van der Waals surface area contributed by atoms with Gasteiger partial charge in [-0.3, -0.25) is 19.3 Å². The number of hydrogen-bond acceptors (Lipinski definition) is 5. The van der Waals surface area contributed by atoms with E-state index in [2.05, 4.69) is 6.07 Å². The van der Waals surface area contributed by atoms with Gasteiger partial charge in [-0.2, -0.15) is 13.2 Å². The van der Waals surface area contributed by atoms with Crippen LogP contribution in [0, 0.1) is 0 Å². The van der Waals surface area contributed by atoms with Crippen LogP contribution in [0.4, 0.5) is 13.2 Å². The van der Waals surface area contributed by atoms with E-state index in [9.17, 15) is 27.9 Å². The lowest BCUT2D eigenvalue weighted by atomic mass is 9.88. The van der Waals surface area contributed by atoms with Crippen molar-refractivity contribution in [3.63, 3.8) is 0 Å². The average molecular weight is 528 g/mol. The van der Waals surface area contributed by atoms with Gasteiger partial charge in [0, 0.05) is 22.9 Å². The summed E-state index contributed by atoms with van der Waals surface area (Å²) < 4.78 is 43.1. The molecule has 1 aliphatic carbocycles. The molecule has 2 atom stereocenters. The molecule has 0 radical (unpaired) electrons. The van der Waals surface area contributed by atoms with Crippen molar-refractivity contribution in [3.05, 3.63) is 92.9 Å². The predicted octanol–water partition coefficient (Wildman–Crippen LogP) is 5.13. The maximum absolute atomic E-state index is 13.9. The number of benzene rings is 2. The molecule has 0 bridgehead atoms. The van der Waals surface area contributed by atoms with Gasteiger partial charge in [-0.15, -0.1) is 11.8 Å². The van der Waals surface area contributed by atoms with Gasteiger partial charge >= 0.3 is 6.18 Å². The quantitative estimate of drug-likeness (QED) is 0.512. The minimum atomic E-state index is -4.69. The Bertz CT molecular complexity index is 1470. The number of nitrogens with zero attached hydrogens (tertiary/aromatic N) is 3. The van der Waals surface area contributed by atoms with Crippen LogP contribution in [0.3, 0.4) is 0 Å². The highest BCUT2D eigenvalue weighted by atomic mass is 32.2. The highest BCUT2D eigenvalue weighted by molar-refractivity contribution is 7.98. The second kappa shape index (κ2) is 8.58. The fourth-order valence-electron chi connectivity index (χ4n) is 5.34. The van der Waals surface area contributed by atoms with E-state index in [1.54, 1.807) is 16.8 Å². The Balaban J connectivity index is 1.63. The number of halogens is 3. The summed E-state index contributed by atoms with van der Waals surface area (Å²) in [5.74, 6) is -0.834. The Kier molecular flexibility index (Phi) is 5.56. The van der Waals surface area contributed by atoms with Gasteiger partial charge in [0.15, 0.2) is 11.4 Å². The summed E-state index contributed by atoms with van der Waals surface area (Å²) in [5.41, 5.74) is 2.86. The largest absolute Gasteiger partial charge is 0.502 e. The highest BCUT2D eigenvalue weighted by Gasteiger charge is 2.48. The second-order valence-corrected chi connectivity index (χ2v) is 10.7. The van der Waals surface area contributed by atoms with Crippen molar-refractivity contribution in [3.8, 4) is 5.75 Å². The third kappa shape index (κ3) is 3.89. The lowest BCUT2D eigenvalue weighted by Gasteiger charge is -2.46. The number of thioether (sulfide) groups is 1. The van der Waals surface area contributed by atoms with E-state index in [1.165, 1.54) is 10.9 Å². The second-order valence-electron chi connectivity index (χ2n) is 9.72. The number of carbonyl (C=O) groups excluding carboxylic acids is 1. The van der Waals surface area contributed by atoms with Gasteiger partial charge in [-0.25, -0.2) is 0 Å². The Morgan fingerprint density at radius 2 is 1.76 bits per heavy atom. The molecular formula is C27H24F3N3O3S. The molecule has 1 amide bonds. The normalized spacial score (nSPS) is 20.1. The molecular weight excluding hydrogens is 503 g/mol. The van der Waals surface area contributed by atoms with E-state index in [4.69, 9.17) is 0 Å². The minimum absolute atomic E-state index is 0.367. The van der Waals surface area contributed by atoms with Crippen molar-refractivity contribution in [1.29, 1.82) is 0 Å². The first-order chi connectivity index (χ1) is 17.7. The van der Waals surface area contributed by atoms with Crippen molar-refractivity contribution < 1.29 is 23.1 Å². The zero-order chi connectivity index (χ0) is 26.1. The molecule has 37 heavy (non-hydrogen) atoms. The monoisotopic (exact) mass is 527 g/mol. The van der Waals surface area contributed by atoms with Crippen LogP contribution in [-0.2, 0) is 5.75 Å². The molecule has 1 N–H and O–H groups in total. The summed E-state index contributed by atoms with van der Waals surface area (Å²) in [6.07, 6.45) is -1.25. The van der Waals surface area contributed by atoms with Gasteiger partial charge in [0.05, 0.1) is 6.04 Å². The SMILES string of the molecule is C[C@@H](N1CN([C@@H]2c3ccccc3SCc3cccc(C4CC4)c32)n2ccc(=O)c(O)c2C1=O)C(F)(F)F. The first-order valence-electron chi connectivity index (χ1n) is 12.1. The number of aromatic nitrogens is 1. The molecule has 192 valence electrons. The first-order valence-corrected chi connectivity index (χ1v) is 13.1. The van der Waals surface area contributed by atoms with Crippen LogP contribution in [0.2, 0.25) is 0 Å². The Hall–Kier alpha value is -3.40. The fourth-order valence-corrected chi connectivity index (χ4v) is 6.42. The number of pyridine rings is 1. The van der Waals surface area contributed by atoms with Crippen LogP contribution in [0.15, 0.2) is 64.4 Å². The maximum Gasteiger partial charge on any atom is 0.408 e. The van der Waals surface area contributed by atoms with Crippen molar-refractivity contribution in [2.75, 3.05) is 11.7 Å². The Labute approximate surface area is 215 Å². The van der Waals surface area contributed by atoms with Gasteiger partial charge in [0.2, 0.25) is 5.43 Å². The number of rotatable bonds is 3. The van der Waals surface area contributed by atoms with Crippen molar-refractivity contribution in [2.45, 2.75) is 54.6 Å². The molecule has 2 aliphatic heterocycles. The van der Waals surface area contributed by atoms with Crippen LogP contribution in [0.5, 0.6) is 5.75 Å². The van der Waals surface area contributed by atoms with Crippen molar-refractivity contribution in [1.82, 2.24) is 9.58 Å². The number of aromatic hydroxyl groups is 1. The number of carbonyl (C=O) groups is 1. The number of amides is 1.